The van der Waals surface area contributed by atoms with E-state index in [1.807, 2.05) is 49.4 Å². The standard InChI is InChI=1S/C21H20N4O2/c1-14-12-15-6-3-4-9-19(15)25(14)21(26)18-10-11-20(24-23-18)22-16-7-5-8-17(13-16)27-2/h3-11,13-14H,12H2,1-2H3,(H,22,24). The number of rotatable bonds is 4. The van der Waals surface area contributed by atoms with E-state index in [4.69, 9.17) is 4.74 Å². The van der Waals surface area contributed by atoms with Gasteiger partial charge in [0.25, 0.3) is 5.91 Å². The number of carbonyl (C=O) groups excluding carboxylic acids is 1. The molecule has 0 bridgehead atoms. The van der Waals surface area contributed by atoms with Crippen molar-refractivity contribution < 1.29 is 9.53 Å². The molecule has 0 saturated heterocycles. The number of hydrogen-bond donors (Lipinski definition) is 1. The van der Waals surface area contributed by atoms with E-state index in [0.717, 1.165) is 23.5 Å². The Morgan fingerprint density at radius 3 is 2.74 bits per heavy atom. The largest absolute Gasteiger partial charge is 0.497 e. The zero-order chi connectivity index (χ0) is 18.8. The molecule has 2 heterocycles. The quantitative estimate of drug-likeness (QED) is 0.766. The predicted octanol–water partition coefficient (Wildman–Crippen LogP) is 3.82. The molecule has 1 N–H and O–H groups in total. The number of aromatic nitrogens is 2. The van der Waals surface area contributed by atoms with Crippen LogP contribution in [0.25, 0.3) is 0 Å². The van der Waals surface area contributed by atoms with E-state index in [2.05, 4.69) is 21.6 Å². The highest BCUT2D eigenvalue weighted by Gasteiger charge is 2.31. The minimum Gasteiger partial charge on any atom is -0.497 e. The lowest BCUT2D eigenvalue weighted by Crippen LogP contribution is -2.36. The van der Waals surface area contributed by atoms with Crippen LogP contribution in [0.4, 0.5) is 17.2 Å². The smallest absolute Gasteiger partial charge is 0.279 e. The minimum absolute atomic E-state index is 0.103. The van der Waals surface area contributed by atoms with Crippen molar-refractivity contribution >= 4 is 23.1 Å². The van der Waals surface area contributed by atoms with Gasteiger partial charge >= 0.3 is 0 Å². The molecule has 1 aliphatic heterocycles. The number of anilines is 3. The molecular formula is C21H20N4O2. The van der Waals surface area contributed by atoms with E-state index in [-0.39, 0.29) is 11.9 Å². The van der Waals surface area contributed by atoms with Gasteiger partial charge in [0.1, 0.15) is 5.75 Å². The molecule has 4 rings (SSSR count). The van der Waals surface area contributed by atoms with Gasteiger partial charge in [-0.3, -0.25) is 4.79 Å². The van der Waals surface area contributed by atoms with E-state index in [1.165, 1.54) is 5.56 Å². The number of fused-ring (bicyclic) bond motifs is 1. The van der Waals surface area contributed by atoms with Gasteiger partial charge in [0.15, 0.2) is 11.5 Å². The predicted molar refractivity (Wildman–Crippen MR) is 105 cm³/mol. The molecule has 1 atom stereocenters. The van der Waals surface area contributed by atoms with Crippen LogP contribution in [0.15, 0.2) is 60.7 Å². The Hall–Kier alpha value is -3.41. The van der Waals surface area contributed by atoms with Crippen molar-refractivity contribution in [2.75, 3.05) is 17.3 Å². The molecule has 1 aromatic heterocycles. The van der Waals surface area contributed by atoms with E-state index < -0.39 is 0 Å². The highest BCUT2D eigenvalue weighted by Crippen LogP contribution is 2.32. The average molecular weight is 360 g/mol. The number of benzene rings is 2. The number of amides is 1. The maximum Gasteiger partial charge on any atom is 0.279 e. The summed E-state index contributed by atoms with van der Waals surface area (Å²) < 4.78 is 5.21. The monoisotopic (exact) mass is 360 g/mol. The number of hydrogen-bond acceptors (Lipinski definition) is 5. The van der Waals surface area contributed by atoms with Crippen molar-refractivity contribution in [1.29, 1.82) is 0 Å². The molecule has 1 unspecified atom stereocenters. The molecule has 27 heavy (non-hydrogen) atoms. The van der Waals surface area contributed by atoms with Gasteiger partial charge < -0.3 is 15.0 Å². The maximum absolute atomic E-state index is 13.0. The van der Waals surface area contributed by atoms with Crippen LogP contribution < -0.4 is 15.0 Å². The average Bonchev–Trinajstić information content (AvgIpc) is 3.04. The molecule has 6 nitrogen and oxygen atoms in total. The summed E-state index contributed by atoms with van der Waals surface area (Å²) in [6, 6.07) is 19.1. The number of methoxy groups -OCH3 is 1. The Balaban J connectivity index is 1.53. The van der Waals surface area contributed by atoms with E-state index in [9.17, 15) is 4.79 Å². The molecule has 136 valence electrons. The van der Waals surface area contributed by atoms with Gasteiger partial charge in [0.2, 0.25) is 0 Å². The normalized spacial score (nSPS) is 15.3. The third-order valence-corrected chi connectivity index (χ3v) is 4.65. The zero-order valence-corrected chi connectivity index (χ0v) is 15.2. The molecule has 2 aromatic carbocycles. The molecular weight excluding hydrogens is 340 g/mol. The van der Waals surface area contributed by atoms with Crippen LogP contribution in [0, 0.1) is 0 Å². The molecule has 0 radical (unpaired) electrons. The van der Waals surface area contributed by atoms with Crippen molar-refractivity contribution in [2.24, 2.45) is 0 Å². The van der Waals surface area contributed by atoms with E-state index in [1.54, 1.807) is 24.1 Å². The van der Waals surface area contributed by atoms with Crippen LogP contribution in [0.1, 0.15) is 23.0 Å². The number of ether oxygens (including phenoxy) is 1. The van der Waals surface area contributed by atoms with Gasteiger partial charge in [0, 0.05) is 23.5 Å². The van der Waals surface area contributed by atoms with Gasteiger partial charge in [-0.2, -0.15) is 0 Å². The lowest BCUT2D eigenvalue weighted by Gasteiger charge is -2.22. The number of carbonyl (C=O) groups is 1. The summed E-state index contributed by atoms with van der Waals surface area (Å²) in [5.74, 6) is 1.18. The Kier molecular flexibility index (Phi) is 4.46. The van der Waals surface area contributed by atoms with Crippen LogP contribution in [-0.4, -0.2) is 29.3 Å². The molecule has 0 aliphatic carbocycles. The van der Waals surface area contributed by atoms with Crippen molar-refractivity contribution in [2.45, 2.75) is 19.4 Å². The Labute approximate surface area is 157 Å². The van der Waals surface area contributed by atoms with Crippen LogP contribution >= 0.6 is 0 Å². The van der Waals surface area contributed by atoms with Crippen LogP contribution in [0.3, 0.4) is 0 Å². The van der Waals surface area contributed by atoms with E-state index in [0.29, 0.717) is 11.5 Å². The number of para-hydroxylation sites is 1. The van der Waals surface area contributed by atoms with Crippen LogP contribution in [0.2, 0.25) is 0 Å². The zero-order valence-electron chi connectivity index (χ0n) is 15.2. The second-order valence-corrected chi connectivity index (χ2v) is 6.52. The van der Waals surface area contributed by atoms with E-state index >= 15 is 0 Å². The second-order valence-electron chi connectivity index (χ2n) is 6.52. The summed E-state index contributed by atoms with van der Waals surface area (Å²) >= 11 is 0. The minimum atomic E-state index is -0.132. The first-order valence-corrected chi connectivity index (χ1v) is 8.82. The first kappa shape index (κ1) is 17.0. The summed E-state index contributed by atoms with van der Waals surface area (Å²) in [7, 11) is 1.62. The number of nitrogens with zero attached hydrogens (tertiary/aromatic N) is 3. The van der Waals surface area contributed by atoms with Gasteiger partial charge in [-0.1, -0.05) is 24.3 Å². The van der Waals surface area contributed by atoms with Crippen LogP contribution in [0.5, 0.6) is 5.75 Å². The van der Waals surface area contributed by atoms with Crippen molar-refractivity contribution in [1.82, 2.24) is 10.2 Å². The third-order valence-electron chi connectivity index (χ3n) is 4.65. The first-order valence-electron chi connectivity index (χ1n) is 8.82. The fourth-order valence-electron chi connectivity index (χ4n) is 3.36. The van der Waals surface area contributed by atoms with Gasteiger partial charge in [-0.25, -0.2) is 0 Å². The van der Waals surface area contributed by atoms with Crippen molar-refractivity contribution in [3.8, 4) is 5.75 Å². The fraction of sp³-hybridized carbons (Fsp3) is 0.190. The van der Waals surface area contributed by atoms with Gasteiger partial charge in [0.05, 0.1) is 7.11 Å². The summed E-state index contributed by atoms with van der Waals surface area (Å²) in [5, 5.41) is 11.4. The van der Waals surface area contributed by atoms with Gasteiger partial charge in [-0.05, 0) is 49.2 Å². The Bertz CT molecular complexity index is 972. The molecule has 0 spiro atoms. The van der Waals surface area contributed by atoms with Gasteiger partial charge in [-0.15, -0.1) is 10.2 Å². The summed E-state index contributed by atoms with van der Waals surface area (Å²) in [5.41, 5.74) is 3.30. The highest BCUT2D eigenvalue weighted by atomic mass is 16.5. The molecule has 0 fully saturated rings. The Morgan fingerprint density at radius 1 is 1.11 bits per heavy atom. The third kappa shape index (κ3) is 3.33. The highest BCUT2D eigenvalue weighted by molar-refractivity contribution is 6.06. The number of nitrogens with one attached hydrogen (secondary N) is 1. The van der Waals surface area contributed by atoms with Crippen molar-refractivity contribution in [3.63, 3.8) is 0 Å². The second kappa shape index (κ2) is 7.07. The molecule has 1 aliphatic rings. The lowest BCUT2D eigenvalue weighted by atomic mass is 10.1. The Morgan fingerprint density at radius 2 is 1.96 bits per heavy atom. The topological polar surface area (TPSA) is 67.3 Å². The SMILES string of the molecule is COc1cccc(Nc2ccc(C(=O)N3c4ccccc4CC3C)nn2)c1. The fourth-order valence-corrected chi connectivity index (χ4v) is 3.36. The first-order chi connectivity index (χ1) is 13.2. The summed E-state index contributed by atoms with van der Waals surface area (Å²) in [4.78, 5) is 14.8. The maximum atomic E-state index is 13.0. The molecule has 3 aromatic rings. The lowest BCUT2D eigenvalue weighted by molar-refractivity contribution is 0.0975. The molecule has 0 saturated carbocycles. The molecule has 6 heteroatoms. The van der Waals surface area contributed by atoms with Crippen LogP contribution in [-0.2, 0) is 6.42 Å². The molecule has 1 amide bonds. The summed E-state index contributed by atoms with van der Waals surface area (Å²) in [6.45, 7) is 2.05. The summed E-state index contributed by atoms with van der Waals surface area (Å²) in [6.07, 6.45) is 0.852. The van der Waals surface area contributed by atoms with Crippen molar-refractivity contribution in [3.05, 3.63) is 71.9 Å².